The lowest BCUT2D eigenvalue weighted by molar-refractivity contribution is 0.0917. The van der Waals surface area contributed by atoms with Gasteiger partial charge in [0.2, 0.25) is 0 Å². The predicted octanol–water partition coefficient (Wildman–Crippen LogP) is 2.46. The quantitative estimate of drug-likeness (QED) is 0.910. The molecule has 0 aliphatic carbocycles. The lowest BCUT2D eigenvalue weighted by atomic mass is 10.0. The maximum Gasteiger partial charge on any atom is 0.251 e. The van der Waals surface area contributed by atoms with Gasteiger partial charge in [-0.25, -0.2) is 4.98 Å². The van der Waals surface area contributed by atoms with E-state index < -0.39 is 0 Å². The second-order valence-corrected chi connectivity index (χ2v) is 6.55. The maximum atomic E-state index is 12.4. The van der Waals surface area contributed by atoms with Gasteiger partial charge in [0.25, 0.3) is 5.91 Å². The second kappa shape index (κ2) is 7.01. The second-order valence-electron chi connectivity index (χ2n) is 6.55. The maximum absolute atomic E-state index is 12.4. The summed E-state index contributed by atoms with van der Waals surface area (Å²) in [6.07, 6.45) is 3.78. The molecular formula is C19H24N4O. The summed E-state index contributed by atoms with van der Waals surface area (Å²) in [5.74, 6) is 0.551. The zero-order chi connectivity index (χ0) is 17.1. The lowest BCUT2D eigenvalue weighted by Gasteiger charge is -2.29. The molecule has 1 aliphatic rings. The number of amides is 1. The highest BCUT2D eigenvalue weighted by atomic mass is 16.1. The summed E-state index contributed by atoms with van der Waals surface area (Å²) in [6, 6.07) is 9.93. The van der Waals surface area contributed by atoms with Crippen molar-refractivity contribution in [2.45, 2.75) is 25.8 Å². The third-order valence-corrected chi connectivity index (χ3v) is 4.65. The molecule has 5 heteroatoms. The lowest BCUT2D eigenvalue weighted by Crippen LogP contribution is -2.43. The minimum absolute atomic E-state index is 0.00251. The number of nitrogens with two attached hydrogens (primary N) is 1. The molecule has 0 atom stereocenters. The first kappa shape index (κ1) is 16.5. The molecule has 1 amide bonds. The van der Waals surface area contributed by atoms with Gasteiger partial charge in [0, 0.05) is 23.4 Å². The van der Waals surface area contributed by atoms with Crippen LogP contribution in [0.2, 0.25) is 0 Å². The summed E-state index contributed by atoms with van der Waals surface area (Å²) in [4.78, 5) is 18.9. The van der Waals surface area contributed by atoms with Crippen LogP contribution in [-0.2, 0) is 0 Å². The number of hydrogen-bond donors (Lipinski definition) is 2. The zero-order valence-electron chi connectivity index (χ0n) is 14.2. The molecule has 1 aliphatic heterocycles. The number of benzene rings is 1. The molecular weight excluding hydrogens is 300 g/mol. The van der Waals surface area contributed by atoms with Gasteiger partial charge in [-0.1, -0.05) is 12.1 Å². The molecule has 1 saturated heterocycles. The highest BCUT2D eigenvalue weighted by Gasteiger charge is 2.19. The number of aryl methyl sites for hydroxylation is 1. The number of carbonyl (C=O) groups excluding carboxylic acids is 1. The van der Waals surface area contributed by atoms with Gasteiger partial charge in [-0.2, -0.15) is 0 Å². The number of nitrogen functional groups attached to an aromatic ring is 1. The number of aromatic nitrogens is 1. The van der Waals surface area contributed by atoms with Crippen LogP contribution in [0.15, 0.2) is 36.5 Å². The van der Waals surface area contributed by atoms with Crippen molar-refractivity contribution in [3.63, 3.8) is 0 Å². The van der Waals surface area contributed by atoms with Gasteiger partial charge in [0.05, 0.1) is 0 Å². The van der Waals surface area contributed by atoms with E-state index in [2.05, 4.69) is 22.2 Å². The Morgan fingerprint density at radius 2 is 1.88 bits per heavy atom. The third-order valence-electron chi connectivity index (χ3n) is 4.65. The molecule has 3 N–H and O–H groups in total. The van der Waals surface area contributed by atoms with Crippen LogP contribution in [0.5, 0.6) is 0 Å². The van der Waals surface area contributed by atoms with E-state index >= 15 is 0 Å². The van der Waals surface area contributed by atoms with Crippen molar-refractivity contribution < 1.29 is 4.79 Å². The van der Waals surface area contributed by atoms with Crippen LogP contribution in [0.3, 0.4) is 0 Å². The molecule has 0 saturated carbocycles. The molecule has 2 aromatic rings. The Bertz CT molecular complexity index is 719. The third kappa shape index (κ3) is 3.74. The molecule has 0 bridgehead atoms. The summed E-state index contributed by atoms with van der Waals surface area (Å²) in [6.45, 7) is 4.01. The van der Waals surface area contributed by atoms with Crippen LogP contribution in [0, 0.1) is 6.92 Å². The Morgan fingerprint density at radius 3 is 2.50 bits per heavy atom. The highest BCUT2D eigenvalue weighted by Crippen LogP contribution is 2.22. The summed E-state index contributed by atoms with van der Waals surface area (Å²) in [5, 5.41) is 3.14. The number of rotatable bonds is 3. The summed E-state index contributed by atoms with van der Waals surface area (Å²) < 4.78 is 0. The fourth-order valence-corrected chi connectivity index (χ4v) is 2.98. The number of piperidine rings is 1. The molecule has 126 valence electrons. The summed E-state index contributed by atoms with van der Waals surface area (Å²) >= 11 is 0. The van der Waals surface area contributed by atoms with Gasteiger partial charge in [-0.15, -0.1) is 0 Å². The standard InChI is InChI=1S/C19H24N4O/c1-13-11-16(12-21-18(13)20)14-3-5-15(6-4-14)19(24)22-17-7-9-23(2)10-8-17/h3-6,11-12,17H,7-10H2,1-2H3,(H2,20,21)(H,22,24). The van der Waals surface area contributed by atoms with Crippen LogP contribution in [0.1, 0.15) is 28.8 Å². The van der Waals surface area contributed by atoms with E-state index in [1.165, 1.54) is 0 Å². The number of carbonyl (C=O) groups is 1. The molecule has 1 fully saturated rings. The predicted molar refractivity (Wildman–Crippen MR) is 96.8 cm³/mol. The van der Waals surface area contributed by atoms with Gasteiger partial charge in [-0.05, 0) is 69.2 Å². The van der Waals surface area contributed by atoms with E-state index in [9.17, 15) is 4.79 Å². The molecule has 1 aromatic heterocycles. The minimum atomic E-state index is 0.00251. The minimum Gasteiger partial charge on any atom is -0.383 e. The Labute approximate surface area is 142 Å². The molecule has 5 nitrogen and oxygen atoms in total. The average Bonchev–Trinajstić information content (AvgIpc) is 2.59. The Kier molecular flexibility index (Phi) is 4.81. The Morgan fingerprint density at radius 1 is 1.21 bits per heavy atom. The fraction of sp³-hybridized carbons (Fsp3) is 0.368. The zero-order valence-corrected chi connectivity index (χ0v) is 14.2. The topological polar surface area (TPSA) is 71.2 Å². The van der Waals surface area contributed by atoms with Crippen LogP contribution >= 0.6 is 0 Å². The monoisotopic (exact) mass is 324 g/mol. The van der Waals surface area contributed by atoms with Crippen molar-refractivity contribution in [1.29, 1.82) is 0 Å². The van der Waals surface area contributed by atoms with E-state index in [0.717, 1.165) is 42.6 Å². The number of likely N-dealkylation sites (tertiary alicyclic amines) is 1. The largest absolute Gasteiger partial charge is 0.383 e. The van der Waals surface area contributed by atoms with Gasteiger partial charge >= 0.3 is 0 Å². The van der Waals surface area contributed by atoms with Gasteiger partial charge in [-0.3, -0.25) is 4.79 Å². The average molecular weight is 324 g/mol. The van der Waals surface area contributed by atoms with Crippen molar-refractivity contribution in [1.82, 2.24) is 15.2 Å². The summed E-state index contributed by atoms with van der Waals surface area (Å²) in [5.41, 5.74) is 9.44. The molecule has 0 radical (unpaired) electrons. The van der Waals surface area contributed by atoms with Gasteiger partial charge in [0.15, 0.2) is 0 Å². The number of nitrogens with one attached hydrogen (secondary N) is 1. The van der Waals surface area contributed by atoms with Crippen molar-refractivity contribution >= 4 is 11.7 Å². The number of hydrogen-bond acceptors (Lipinski definition) is 4. The van der Waals surface area contributed by atoms with E-state index in [-0.39, 0.29) is 11.9 Å². The summed E-state index contributed by atoms with van der Waals surface area (Å²) in [7, 11) is 2.12. The molecule has 24 heavy (non-hydrogen) atoms. The van der Waals surface area contributed by atoms with Gasteiger partial charge < -0.3 is 16.0 Å². The van der Waals surface area contributed by atoms with E-state index in [1.54, 1.807) is 6.20 Å². The van der Waals surface area contributed by atoms with E-state index in [4.69, 9.17) is 5.73 Å². The van der Waals surface area contributed by atoms with Crippen LogP contribution in [0.25, 0.3) is 11.1 Å². The van der Waals surface area contributed by atoms with E-state index in [1.807, 2.05) is 37.3 Å². The number of pyridine rings is 1. The van der Waals surface area contributed by atoms with Gasteiger partial charge in [0.1, 0.15) is 5.82 Å². The number of anilines is 1. The molecule has 0 spiro atoms. The van der Waals surface area contributed by atoms with Crippen molar-refractivity contribution in [3.8, 4) is 11.1 Å². The Balaban J connectivity index is 1.67. The first-order valence-corrected chi connectivity index (χ1v) is 8.35. The molecule has 2 heterocycles. The first-order valence-electron chi connectivity index (χ1n) is 8.35. The molecule has 1 aromatic carbocycles. The van der Waals surface area contributed by atoms with Crippen LogP contribution < -0.4 is 11.1 Å². The normalized spacial score (nSPS) is 16.1. The van der Waals surface area contributed by atoms with E-state index in [0.29, 0.717) is 11.4 Å². The van der Waals surface area contributed by atoms with Crippen molar-refractivity contribution in [3.05, 3.63) is 47.7 Å². The van der Waals surface area contributed by atoms with Crippen LogP contribution in [-0.4, -0.2) is 42.0 Å². The highest BCUT2D eigenvalue weighted by molar-refractivity contribution is 5.94. The molecule has 3 rings (SSSR count). The fourth-order valence-electron chi connectivity index (χ4n) is 2.98. The van der Waals surface area contributed by atoms with Crippen molar-refractivity contribution in [2.24, 2.45) is 0 Å². The number of nitrogens with zero attached hydrogens (tertiary/aromatic N) is 2. The molecule has 0 unspecified atom stereocenters. The smallest absolute Gasteiger partial charge is 0.251 e. The first-order chi connectivity index (χ1) is 11.5. The van der Waals surface area contributed by atoms with Crippen LogP contribution in [0.4, 0.5) is 5.82 Å². The SMILES string of the molecule is Cc1cc(-c2ccc(C(=O)NC3CCN(C)CC3)cc2)cnc1N. The van der Waals surface area contributed by atoms with Crippen molar-refractivity contribution in [2.75, 3.05) is 25.9 Å². The Hall–Kier alpha value is -2.40.